The van der Waals surface area contributed by atoms with Crippen molar-refractivity contribution in [1.82, 2.24) is 0 Å². The van der Waals surface area contributed by atoms with E-state index in [1.807, 2.05) is 0 Å². The second-order valence-electron chi connectivity index (χ2n) is 8.41. The van der Waals surface area contributed by atoms with Crippen molar-refractivity contribution in [2.75, 3.05) is 19.0 Å². The topological polar surface area (TPSA) is 98.8 Å². The number of esters is 2. The van der Waals surface area contributed by atoms with Gasteiger partial charge in [0.1, 0.15) is 5.00 Å². The van der Waals surface area contributed by atoms with Crippen LogP contribution in [0, 0.1) is 5.92 Å². The Morgan fingerprint density at radius 2 is 1.66 bits per heavy atom. The number of ether oxygens (including phenoxy) is 2. The van der Waals surface area contributed by atoms with Crippen molar-refractivity contribution in [3.8, 4) is 0 Å². The molecule has 0 radical (unpaired) electrons. The number of fused-ring (bicyclic) bond motifs is 1. The first-order chi connectivity index (χ1) is 16.9. The van der Waals surface area contributed by atoms with Gasteiger partial charge in [0, 0.05) is 16.0 Å². The van der Waals surface area contributed by atoms with Crippen molar-refractivity contribution in [3.63, 3.8) is 0 Å². The summed E-state index contributed by atoms with van der Waals surface area (Å²) in [5, 5.41) is 3.10. The van der Waals surface area contributed by atoms with E-state index in [0.717, 1.165) is 29.7 Å². The van der Waals surface area contributed by atoms with Gasteiger partial charge in [-0.2, -0.15) is 0 Å². The Labute approximate surface area is 207 Å². The fourth-order valence-electron chi connectivity index (χ4n) is 4.13. The van der Waals surface area contributed by atoms with Gasteiger partial charge >= 0.3 is 11.9 Å². The van der Waals surface area contributed by atoms with Crippen molar-refractivity contribution in [2.24, 2.45) is 5.92 Å². The standard InChI is InChI=1S/C27H25NO6S/c1-16-12-13-20-21(14-16)35-25(23(20)27(32)33-2)28-22(29)15-34-26(31)19-11-7-6-10-18(19)24(30)17-8-4-3-5-9-17/h3-11,16H,12-15H2,1-2H3,(H,28,29)/t16-/m0/s1. The summed E-state index contributed by atoms with van der Waals surface area (Å²) in [4.78, 5) is 51.7. The molecule has 1 heterocycles. The molecule has 1 aliphatic carbocycles. The van der Waals surface area contributed by atoms with E-state index in [2.05, 4.69) is 12.2 Å². The highest BCUT2D eigenvalue weighted by molar-refractivity contribution is 7.17. The summed E-state index contributed by atoms with van der Waals surface area (Å²) in [6.45, 7) is 1.59. The SMILES string of the molecule is COC(=O)c1c(NC(=O)COC(=O)c2ccccc2C(=O)c2ccccc2)sc2c1CC[C@H](C)C2. The number of rotatable bonds is 7. The fourth-order valence-corrected chi connectivity index (χ4v) is 5.55. The van der Waals surface area contributed by atoms with E-state index in [4.69, 9.17) is 9.47 Å². The molecule has 1 aromatic heterocycles. The zero-order valence-corrected chi connectivity index (χ0v) is 20.3. The molecule has 8 heteroatoms. The molecule has 0 aliphatic heterocycles. The number of ketones is 1. The highest BCUT2D eigenvalue weighted by atomic mass is 32.1. The third kappa shape index (κ3) is 5.33. The largest absolute Gasteiger partial charge is 0.465 e. The Morgan fingerprint density at radius 3 is 2.37 bits per heavy atom. The first-order valence-electron chi connectivity index (χ1n) is 11.3. The summed E-state index contributed by atoms with van der Waals surface area (Å²) in [5.41, 5.74) is 2.00. The number of methoxy groups -OCH3 is 1. The van der Waals surface area contributed by atoms with E-state index in [1.165, 1.54) is 24.5 Å². The second kappa shape index (κ2) is 10.7. The molecule has 0 saturated heterocycles. The molecule has 35 heavy (non-hydrogen) atoms. The predicted molar refractivity (Wildman–Crippen MR) is 132 cm³/mol. The van der Waals surface area contributed by atoms with E-state index >= 15 is 0 Å². The van der Waals surface area contributed by atoms with Crippen molar-refractivity contribution >= 4 is 40.0 Å². The van der Waals surface area contributed by atoms with Gasteiger partial charge in [0.25, 0.3) is 5.91 Å². The van der Waals surface area contributed by atoms with E-state index in [9.17, 15) is 19.2 Å². The molecule has 0 fully saturated rings. The number of thiophene rings is 1. The highest BCUT2D eigenvalue weighted by Crippen LogP contribution is 2.40. The summed E-state index contributed by atoms with van der Waals surface area (Å²) in [7, 11) is 1.30. The molecule has 2 aromatic carbocycles. The molecule has 1 atom stereocenters. The summed E-state index contributed by atoms with van der Waals surface area (Å²) < 4.78 is 10.2. The van der Waals surface area contributed by atoms with Crippen molar-refractivity contribution in [2.45, 2.75) is 26.2 Å². The Kier molecular flexibility index (Phi) is 7.41. The number of hydrogen-bond donors (Lipinski definition) is 1. The van der Waals surface area contributed by atoms with Crippen LogP contribution in [0.25, 0.3) is 0 Å². The van der Waals surface area contributed by atoms with E-state index in [-0.39, 0.29) is 16.9 Å². The van der Waals surface area contributed by atoms with Gasteiger partial charge in [-0.3, -0.25) is 9.59 Å². The fraction of sp³-hybridized carbons (Fsp3) is 0.259. The Balaban J connectivity index is 1.47. The first-order valence-corrected chi connectivity index (χ1v) is 12.1. The Morgan fingerprint density at radius 1 is 0.971 bits per heavy atom. The van der Waals surface area contributed by atoms with E-state index in [1.54, 1.807) is 48.5 Å². The van der Waals surface area contributed by atoms with Crippen LogP contribution in [0.4, 0.5) is 5.00 Å². The van der Waals surface area contributed by atoms with Crippen LogP contribution in [0.1, 0.15) is 60.4 Å². The molecular formula is C27H25NO6S. The average molecular weight is 492 g/mol. The van der Waals surface area contributed by atoms with Gasteiger partial charge < -0.3 is 14.8 Å². The summed E-state index contributed by atoms with van der Waals surface area (Å²) >= 11 is 1.35. The molecule has 0 bridgehead atoms. The minimum atomic E-state index is -0.785. The molecule has 0 saturated carbocycles. The van der Waals surface area contributed by atoms with Gasteiger partial charge in [0.2, 0.25) is 0 Å². The zero-order valence-electron chi connectivity index (χ0n) is 19.5. The lowest BCUT2D eigenvalue weighted by atomic mass is 9.88. The second-order valence-corrected chi connectivity index (χ2v) is 9.52. The predicted octanol–water partition coefficient (Wildman–Crippen LogP) is 4.69. The van der Waals surface area contributed by atoms with Crippen molar-refractivity contribution < 1.29 is 28.7 Å². The number of anilines is 1. The van der Waals surface area contributed by atoms with Gasteiger partial charge in [-0.25, -0.2) is 9.59 Å². The number of amides is 1. The van der Waals surface area contributed by atoms with Gasteiger partial charge in [-0.1, -0.05) is 55.5 Å². The van der Waals surface area contributed by atoms with E-state index < -0.39 is 24.5 Å². The third-order valence-corrected chi connectivity index (χ3v) is 7.09. The lowest BCUT2D eigenvalue weighted by Crippen LogP contribution is -2.22. The van der Waals surface area contributed by atoms with Crippen LogP contribution in [-0.4, -0.2) is 37.3 Å². The molecule has 0 unspecified atom stereocenters. The van der Waals surface area contributed by atoms with E-state index in [0.29, 0.717) is 22.0 Å². The maximum absolute atomic E-state index is 12.9. The third-order valence-electron chi connectivity index (χ3n) is 5.92. The van der Waals surface area contributed by atoms with Gasteiger partial charge in [0.05, 0.1) is 18.2 Å². The quantitative estimate of drug-likeness (QED) is 0.380. The minimum absolute atomic E-state index is 0.0741. The van der Waals surface area contributed by atoms with Crippen LogP contribution in [0.3, 0.4) is 0 Å². The van der Waals surface area contributed by atoms with Crippen LogP contribution in [0.15, 0.2) is 54.6 Å². The minimum Gasteiger partial charge on any atom is -0.465 e. The number of carbonyl (C=O) groups is 4. The monoisotopic (exact) mass is 491 g/mol. The first kappa shape index (κ1) is 24.3. The lowest BCUT2D eigenvalue weighted by molar-refractivity contribution is -0.119. The smallest absolute Gasteiger partial charge is 0.341 e. The Bertz CT molecular complexity index is 1280. The molecule has 180 valence electrons. The summed E-state index contributed by atoms with van der Waals surface area (Å²) in [6, 6.07) is 14.9. The molecular weight excluding hydrogens is 466 g/mol. The van der Waals surface area contributed by atoms with Crippen LogP contribution in [0.2, 0.25) is 0 Å². The maximum atomic E-state index is 12.9. The van der Waals surface area contributed by atoms with Gasteiger partial charge in [-0.15, -0.1) is 11.3 Å². The summed E-state index contributed by atoms with van der Waals surface area (Å²) in [5.74, 6) is -1.69. The maximum Gasteiger partial charge on any atom is 0.341 e. The molecule has 1 aliphatic rings. The van der Waals surface area contributed by atoms with Crippen molar-refractivity contribution in [3.05, 3.63) is 87.3 Å². The zero-order chi connectivity index (χ0) is 24.9. The Hall–Kier alpha value is -3.78. The number of carbonyl (C=O) groups excluding carboxylic acids is 4. The van der Waals surface area contributed by atoms with Crippen LogP contribution in [0.5, 0.6) is 0 Å². The van der Waals surface area contributed by atoms with Crippen LogP contribution >= 0.6 is 11.3 Å². The lowest BCUT2D eigenvalue weighted by Gasteiger charge is -2.18. The normalized spacial score (nSPS) is 14.5. The summed E-state index contributed by atoms with van der Waals surface area (Å²) in [6.07, 6.45) is 2.54. The molecule has 7 nitrogen and oxygen atoms in total. The van der Waals surface area contributed by atoms with Crippen LogP contribution in [-0.2, 0) is 27.1 Å². The molecule has 1 N–H and O–H groups in total. The van der Waals surface area contributed by atoms with Crippen LogP contribution < -0.4 is 5.32 Å². The molecule has 3 aromatic rings. The number of benzene rings is 2. The van der Waals surface area contributed by atoms with Crippen molar-refractivity contribution in [1.29, 1.82) is 0 Å². The highest BCUT2D eigenvalue weighted by Gasteiger charge is 2.29. The molecule has 0 spiro atoms. The van der Waals surface area contributed by atoms with Gasteiger partial charge in [-0.05, 0) is 36.8 Å². The average Bonchev–Trinajstić information content (AvgIpc) is 3.23. The molecule has 1 amide bonds. The number of hydrogen-bond acceptors (Lipinski definition) is 7. The molecule has 4 rings (SSSR count). The van der Waals surface area contributed by atoms with Gasteiger partial charge in [0.15, 0.2) is 12.4 Å². The number of nitrogens with one attached hydrogen (secondary N) is 1.